The number of nitrogens with zero attached hydrogens (tertiary/aromatic N) is 1. The monoisotopic (exact) mass is 370 g/mol. The number of carbonyl (C=O) groups excluding carboxylic acids is 1. The molecule has 25 heavy (non-hydrogen) atoms. The van der Waals surface area contributed by atoms with Crippen molar-refractivity contribution in [1.82, 2.24) is 4.90 Å². The number of halogens is 4. The number of rotatable bonds is 2. The van der Waals surface area contributed by atoms with Gasteiger partial charge in [-0.2, -0.15) is 13.2 Å². The van der Waals surface area contributed by atoms with Gasteiger partial charge in [-0.1, -0.05) is 18.2 Å². The van der Waals surface area contributed by atoms with Crippen molar-refractivity contribution in [1.29, 1.82) is 0 Å². The van der Waals surface area contributed by atoms with Gasteiger partial charge in [0.05, 0.1) is 5.56 Å². The zero-order valence-electron chi connectivity index (χ0n) is 12.9. The van der Waals surface area contributed by atoms with Gasteiger partial charge in [-0.05, 0) is 35.9 Å². The lowest BCUT2D eigenvalue weighted by Gasteiger charge is -2.24. The lowest BCUT2D eigenvalue weighted by atomic mass is 10.2. The highest BCUT2D eigenvalue weighted by atomic mass is 32.2. The Bertz CT molecular complexity index is 781. The molecular formula is C17H14F4N2OS. The number of amides is 2. The van der Waals surface area contributed by atoms with E-state index < -0.39 is 23.6 Å². The quantitative estimate of drug-likeness (QED) is 0.744. The summed E-state index contributed by atoms with van der Waals surface area (Å²) in [6.07, 6.45) is -4.48. The Balaban J connectivity index is 1.76. The number of anilines is 1. The molecule has 0 unspecified atom stereocenters. The lowest BCUT2D eigenvalue weighted by Crippen LogP contribution is -2.34. The van der Waals surface area contributed by atoms with Gasteiger partial charge in [0, 0.05) is 18.0 Å². The zero-order valence-corrected chi connectivity index (χ0v) is 13.7. The summed E-state index contributed by atoms with van der Waals surface area (Å²) in [7, 11) is 0. The van der Waals surface area contributed by atoms with Crippen LogP contribution in [-0.4, -0.2) is 23.2 Å². The molecule has 0 saturated carbocycles. The number of hydrogen-bond donors (Lipinski definition) is 1. The van der Waals surface area contributed by atoms with Gasteiger partial charge in [-0.25, -0.2) is 9.18 Å². The van der Waals surface area contributed by atoms with Gasteiger partial charge in [-0.3, -0.25) is 0 Å². The Hall–Kier alpha value is -2.22. The van der Waals surface area contributed by atoms with Crippen LogP contribution in [0.15, 0.2) is 48.5 Å². The highest BCUT2D eigenvalue weighted by molar-refractivity contribution is 7.99. The molecule has 1 aliphatic heterocycles. The van der Waals surface area contributed by atoms with Gasteiger partial charge in [0.25, 0.3) is 0 Å². The molecule has 0 radical (unpaired) electrons. The first-order valence-corrected chi connectivity index (χ1v) is 8.51. The van der Waals surface area contributed by atoms with E-state index in [9.17, 15) is 22.4 Å². The summed E-state index contributed by atoms with van der Waals surface area (Å²) in [6.45, 7) is 0.427. The second kappa shape index (κ2) is 6.95. The van der Waals surface area contributed by atoms with Crippen LogP contribution in [0.3, 0.4) is 0 Å². The minimum absolute atomic E-state index is 0.0646. The first-order valence-electron chi connectivity index (χ1n) is 7.46. The largest absolute Gasteiger partial charge is 0.416 e. The first-order chi connectivity index (χ1) is 11.8. The number of hydrogen-bond acceptors (Lipinski definition) is 2. The molecule has 0 aromatic heterocycles. The molecule has 2 amide bonds. The zero-order chi connectivity index (χ0) is 18.0. The van der Waals surface area contributed by atoms with Gasteiger partial charge in [-0.15, -0.1) is 11.8 Å². The second-order valence-corrected chi connectivity index (χ2v) is 6.67. The molecule has 1 atom stereocenters. The molecule has 3 rings (SSSR count). The van der Waals surface area contributed by atoms with E-state index in [0.717, 1.165) is 12.1 Å². The minimum Gasteiger partial charge on any atom is -0.308 e. The average molecular weight is 370 g/mol. The van der Waals surface area contributed by atoms with Crippen LogP contribution in [0.5, 0.6) is 0 Å². The number of carbonyl (C=O) groups is 1. The number of alkyl halides is 3. The summed E-state index contributed by atoms with van der Waals surface area (Å²) in [6, 6.07) is 9.90. The van der Waals surface area contributed by atoms with E-state index in [1.165, 1.54) is 40.9 Å². The van der Waals surface area contributed by atoms with Gasteiger partial charge in [0.15, 0.2) is 0 Å². The molecule has 0 aliphatic carbocycles. The average Bonchev–Trinajstić information content (AvgIpc) is 3.04. The van der Waals surface area contributed by atoms with E-state index in [1.54, 1.807) is 12.1 Å². The normalized spacial score (nSPS) is 17.6. The molecule has 0 bridgehead atoms. The standard InChI is InChI=1S/C17H14F4N2OS/c18-13-5-1-3-11(9-13)15-23(7-8-25-15)16(24)22-14-6-2-4-12(10-14)17(19,20)21/h1-6,9-10,15H,7-8H2,(H,22,24)/t15-/m0/s1. The maximum atomic E-state index is 13.4. The summed E-state index contributed by atoms with van der Waals surface area (Å²) < 4.78 is 51.7. The Morgan fingerprint density at radius 2 is 1.92 bits per heavy atom. The van der Waals surface area contributed by atoms with Crippen molar-refractivity contribution < 1.29 is 22.4 Å². The van der Waals surface area contributed by atoms with Gasteiger partial charge < -0.3 is 10.2 Å². The number of urea groups is 1. The molecule has 2 aromatic carbocycles. The Morgan fingerprint density at radius 3 is 2.64 bits per heavy atom. The van der Waals surface area contributed by atoms with Crippen LogP contribution in [0.2, 0.25) is 0 Å². The van der Waals surface area contributed by atoms with Crippen molar-refractivity contribution >= 4 is 23.5 Å². The number of thioether (sulfide) groups is 1. The maximum Gasteiger partial charge on any atom is 0.416 e. The predicted molar refractivity (Wildman–Crippen MR) is 88.8 cm³/mol. The molecule has 1 fully saturated rings. The third kappa shape index (κ3) is 4.07. The smallest absolute Gasteiger partial charge is 0.308 e. The number of benzene rings is 2. The molecule has 132 valence electrons. The first kappa shape index (κ1) is 17.6. The number of nitrogens with one attached hydrogen (secondary N) is 1. The fraction of sp³-hybridized carbons (Fsp3) is 0.235. The molecule has 1 saturated heterocycles. The fourth-order valence-electron chi connectivity index (χ4n) is 2.58. The molecule has 8 heteroatoms. The summed E-state index contributed by atoms with van der Waals surface area (Å²) in [5, 5.41) is 2.12. The van der Waals surface area contributed by atoms with Crippen molar-refractivity contribution in [3.63, 3.8) is 0 Å². The molecule has 0 spiro atoms. The topological polar surface area (TPSA) is 32.3 Å². The third-order valence-corrected chi connectivity index (χ3v) is 4.99. The molecular weight excluding hydrogens is 356 g/mol. The summed E-state index contributed by atoms with van der Waals surface area (Å²) in [4.78, 5) is 14.0. The predicted octanol–water partition coefficient (Wildman–Crippen LogP) is 5.12. The Labute approximate surface area is 146 Å². The van der Waals surface area contributed by atoms with Crippen LogP contribution >= 0.6 is 11.8 Å². The van der Waals surface area contributed by atoms with Crippen molar-refractivity contribution in [3.05, 3.63) is 65.5 Å². The van der Waals surface area contributed by atoms with E-state index in [2.05, 4.69) is 5.32 Å². The van der Waals surface area contributed by atoms with Crippen LogP contribution in [0.4, 0.5) is 28.0 Å². The van der Waals surface area contributed by atoms with Gasteiger partial charge in [0.2, 0.25) is 0 Å². The summed E-state index contributed by atoms with van der Waals surface area (Å²) in [5.74, 6) is 0.264. The second-order valence-electron chi connectivity index (χ2n) is 5.48. The van der Waals surface area contributed by atoms with Crippen LogP contribution < -0.4 is 5.32 Å². The van der Waals surface area contributed by atoms with Crippen molar-refractivity contribution in [2.45, 2.75) is 11.6 Å². The molecule has 1 heterocycles. The summed E-state index contributed by atoms with van der Waals surface area (Å²) in [5.41, 5.74) is -0.126. The van der Waals surface area contributed by atoms with Crippen LogP contribution in [0, 0.1) is 5.82 Å². The SMILES string of the molecule is O=C(Nc1cccc(C(F)(F)F)c1)N1CCS[C@H]1c1cccc(F)c1. The third-order valence-electron chi connectivity index (χ3n) is 3.73. The molecule has 2 aromatic rings. The van der Waals surface area contributed by atoms with Crippen molar-refractivity contribution in [2.75, 3.05) is 17.6 Å². The van der Waals surface area contributed by atoms with E-state index in [1.807, 2.05) is 0 Å². The van der Waals surface area contributed by atoms with Gasteiger partial charge >= 0.3 is 12.2 Å². The summed E-state index contributed by atoms with van der Waals surface area (Å²) >= 11 is 1.48. The molecule has 1 aliphatic rings. The van der Waals surface area contributed by atoms with Crippen molar-refractivity contribution in [3.8, 4) is 0 Å². The minimum atomic E-state index is -4.48. The van der Waals surface area contributed by atoms with E-state index in [-0.39, 0.29) is 11.1 Å². The Kier molecular flexibility index (Phi) is 4.89. The molecule has 1 N–H and O–H groups in total. The maximum absolute atomic E-state index is 13.4. The van der Waals surface area contributed by atoms with Crippen molar-refractivity contribution in [2.24, 2.45) is 0 Å². The molecule has 3 nitrogen and oxygen atoms in total. The van der Waals surface area contributed by atoms with Crippen LogP contribution in [0.25, 0.3) is 0 Å². The highest BCUT2D eigenvalue weighted by Crippen LogP contribution is 2.38. The Morgan fingerprint density at radius 1 is 1.16 bits per heavy atom. The van der Waals surface area contributed by atoms with Crippen LogP contribution in [0.1, 0.15) is 16.5 Å². The van der Waals surface area contributed by atoms with E-state index >= 15 is 0 Å². The fourth-order valence-corrected chi connectivity index (χ4v) is 3.83. The van der Waals surface area contributed by atoms with E-state index in [4.69, 9.17) is 0 Å². The van der Waals surface area contributed by atoms with Gasteiger partial charge in [0.1, 0.15) is 11.2 Å². The van der Waals surface area contributed by atoms with Crippen LogP contribution in [-0.2, 0) is 6.18 Å². The highest BCUT2D eigenvalue weighted by Gasteiger charge is 2.32. The lowest BCUT2D eigenvalue weighted by molar-refractivity contribution is -0.137. The van der Waals surface area contributed by atoms with E-state index in [0.29, 0.717) is 17.9 Å².